The van der Waals surface area contributed by atoms with E-state index in [1.54, 1.807) is 13.0 Å². The molecule has 13 atom stereocenters. The fraction of sp³-hybridized carbons (Fsp3) is 0.786. The van der Waals surface area contributed by atoms with Crippen LogP contribution in [0.3, 0.4) is 0 Å². The van der Waals surface area contributed by atoms with Gasteiger partial charge in [-0.25, -0.2) is 4.79 Å². The average Bonchev–Trinajstić information content (AvgIpc) is 3.45. The predicted molar refractivity (Wildman–Crippen MR) is 122 cm³/mol. The van der Waals surface area contributed by atoms with Gasteiger partial charge in [-0.15, -0.1) is 0 Å². The van der Waals surface area contributed by atoms with Gasteiger partial charge in [0.2, 0.25) is 5.79 Å². The van der Waals surface area contributed by atoms with Crippen LogP contribution in [0.4, 0.5) is 0 Å². The topological polar surface area (TPSA) is 138 Å². The van der Waals surface area contributed by atoms with E-state index in [9.17, 15) is 24.3 Å². The van der Waals surface area contributed by atoms with Crippen molar-refractivity contribution in [3.63, 3.8) is 0 Å². The molecule has 38 heavy (non-hydrogen) atoms. The molecule has 3 aliphatic carbocycles. The van der Waals surface area contributed by atoms with E-state index in [-0.39, 0.29) is 43.5 Å². The maximum atomic E-state index is 14.9. The highest BCUT2D eigenvalue weighted by atomic mass is 16.8. The third-order valence-electron chi connectivity index (χ3n) is 12.9. The van der Waals surface area contributed by atoms with Crippen LogP contribution in [0.15, 0.2) is 12.2 Å². The van der Waals surface area contributed by atoms with Crippen molar-refractivity contribution in [2.45, 2.75) is 93.3 Å². The molecule has 6 heterocycles. The van der Waals surface area contributed by atoms with Gasteiger partial charge < -0.3 is 28.8 Å². The molecule has 5 bridgehead atoms. The molecule has 0 radical (unpaired) electrons. The summed E-state index contributed by atoms with van der Waals surface area (Å²) in [7, 11) is 0. The van der Waals surface area contributed by atoms with Gasteiger partial charge >= 0.3 is 11.9 Å². The molecular formula is C28H30O10. The van der Waals surface area contributed by atoms with Gasteiger partial charge in [0, 0.05) is 5.92 Å². The molecule has 0 unspecified atom stereocenters. The lowest BCUT2D eigenvalue weighted by Crippen LogP contribution is -2.79. The van der Waals surface area contributed by atoms with Gasteiger partial charge in [0.15, 0.2) is 28.4 Å². The first kappa shape index (κ1) is 22.7. The molecule has 10 nitrogen and oxygen atoms in total. The summed E-state index contributed by atoms with van der Waals surface area (Å²) < 4.78 is 31.5. The van der Waals surface area contributed by atoms with E-state index in [0.29, 0.717) is 12.8 Å². The summed E-state index contributed by atoms with van der Waals surface area (Å²) in [6, 6.07) is 0. The molecule has 0 aromatic rings. The number of epoxide rings is 1. The normalized spacial score (nSPS) is 64.1. The van der Waals surface area contributed by atoms with E-state index in [2.05, 4.69) is 0 Å². The number of Topliss-reactive ketones (excluding diaryl/α,β-unsaturated/α-hetero) is 1. The summed E-state index contributed by atoms with van der Waals surface area (Å²) in [6.45, 7) is 5.27. The second kappa shape index (κ2) is 5.82. The number of hydrogen-bond acceptors (Lipinski definition) is 10. The Morgan fingerprint density at radius 1 is 1.05 bits per heavy atom. The van der Waals surface area contributed by atoms with E-state index in [1.807, 2.05) is 19.9 Å². The molecule has 1 N–H and O–H groups in total. The van der Waals surface area contributed by atoms with Crippen molar-refractivity contribution < 1.29 is 48.0 Å². The molecule has 9 aliphatic rings. The Kier molecular flexibility index (Phi) is 3.47. The Hall–Kier alpha value is -2.14. The van der Waals surface area contributed by atoms with Crippen molar-refractivity contribution in [2.24, 2.45) is 34.5 Å². The summed E-state index contributed by atoms with van der Waals surface area (Å²) in [6.07, 6.45) is 3.82. The van der Waals surface area contributed by atoms with Crippen molar-refractivity contribution in [3.8, 4) is 0 Å². The SMILES string of the molecule is C[C@@]12C[C@H]3OC(=O)[C@@H]1CO[C@]14O[C@@]5([C@H]2C1=O)[C@@]3(C)OC(=O)[C@@]5(O)CC[C@H]1[C@H]4C[C@@H]2O[C@@]23CC=CC(=O)[C@]13C. The number of hydrogen-bond donors (Lipinski definition) is 1. The number of carbonyl (C=O) groups excluding carboxylic acids is 4. The number of esters is 2. The Bertz CT molecular complexity index is 1340. The van der Waals surface area contributed by atoms with Gasteiger partial charge in [0.05, 0.1) is 30.0 Å². The number of aliphatic hydroxyl groups is 1. The number of carbonyl (C=O) groups is 4. The third-order valence-corrected chi connectivity index (χ3v) is 12.9. The van der Waals surface area contributed by atoms with Crippen molar-refractivity contribution in [1.29, 1.82) is 0 Å². The van der Waals surface area contributed by atoms with Crippen LogP contribution in [0, 0.1) is 34.5 Å². The van der Waals surface area contributed by atoms with E-state index in [0.717, 1.165) is 0 Å². The number of ketones is 2. The molecule has 0 aromatic carbocycles. The van der Waals surface area contributed by atoms with Gasteiger partial charge in [0.25, 0.3) is 0 Å². The molecule has 8 fully saturated rings. The third kappa shape index (κ3) is 1.79. The van der Waals surface area contributed by atoms with Crippen molar-refractivity contribution >= 4 is 23.5 Å². The van der Waals surface area contributed by atoms with E-state index in [4.69, 9.17) is 23.7 Å². The van der Waals surface area contributed by atoms with Gasteiger partial charge in [-0.1, -0.05) is 13.0 Å². The zero-order valence-corrected chi connectivity index (χ0v) is 21.5. The maximum absolute atomic E-state index is 14.9. The number of fused-ring (bicyclic) bond motifs is 4. The highest BCUT2D eigenvalue weighted by molar-refractivity contribution is 6.00. The van der Waals surface area contributed by atoms with Gasteiger partial charge in [0.1, 0.15) is 11.7 Å². The highest BCUT2D eigenvalue weighted by Crippen LogP contribution is 2.77. The molecular weight excluding hydrogens is 496 g/mol. The Morgan fingerprint density at radius 2 is 1.84 bits per heavy atom. The van der Waals surface area contributed by atoms with Crippen molar-refractivity contribution in [1.82, 2.24) is 0 Å². The zero-order valence-electron chi connectivity index (χ0n) is 21.5. The quantitative estimate of drug-likeness (QED) is 0.356. The molecule has 2 saturated carbocycles. The van der Waals surface area contributed by atoms with Crippen LogP contribution >= 0.6 is 0 Å². The number of rotatable bonds is 0. The fourth-order valence-corrected chi connectivity index (χ4v) is 10.9. The highest BCUT2D eigenvalue weighted by Gasteiger charge is 2.94. The Balaban J connectivity index is 1.34. The molecule has 6 aliphatic heterocycles. The summed E-state index contributed by atoms with van der Waals surface area (Å²) >= 11 is 0. The second-order valence-electron chi connectivity index (χ2n) is 13.8. The van der Waals surface area contributed by atoms with Gasteiger partial charge in [-0.05, 0) is 63.4 Å². The lowest BCUT2D eigenvalue weighted by Gasteiger charge is -2.63. The van der Waals surface area contributed by atoms with Crippen molar-refractivity contribution in [3.05, 3.63) is 12.2 Å². The van der Waals surface area contributed by atoms with E-state index in [1.165, 1.54) is 0 Å². The van der Waals surface area contributed by atoms with E-state index < -0.39 is 80.7 Å². The predicted octanol–water partition coefficient (Wildman–Crippen LogP) is 0.768. The molecule has 9 rings (SSSR count). The Morgan fingerprint density at radius 3 is 2.63 bits per heavy atom. The lowest BCUT2D eigenvalue weighted by molar-refractivity contribution is -0.375. The zero-order chi connectivity index (χ0) is 26.5. The van der Waals surface area contributed by atoms with Crippen LogP contribution < -0.4 is 0 Å². The summed E-state index contributed by atoms with van der Waals surface area (Å²) in [4.78, 5) is 55.6. The lowest BCUT2D eigenvalue weighted by atomic mass is 9.46. The fourth-order valence-electron chi connectivity index (χ4n) is 10.9. The minimum atomic E-state index is -2.19. The van der Waals surface area contributed by atoms with E-state index >= 15 is 0 Å². The molecule has 6 saturated heterocycles. The standard InChI is InChI=1S/C28H30O10/c1-22-10-17-24(3)28-18(22)19(30)27(38-28,34-11-14(22)20(31)35-17)13-9-16-26(36-16)7-4-5-15(29)23(26,2)12(13)6-8-25(28,33)21(32)37-24/h4-5,12-14,16-18,33H,6-11H2,1-3H3/t12-,13+,14-,16-,17+,18-,22+,23-,24-,25-,26-,27+,28-/m0/s1. The van der Waals surface area contributed by atoms with Gasteiger partial charge in [-0.3, -0.25) is 14.4 Å². The first-order valence-corrected chi connectivity index (χ1v) is 13.8. The second-order valence-corrected chi connectivity index (χ2v) is 13.8. The Labute approximate surface area is 218 Å². The average molecular weight is 527 g/mol. The van der Waals surface area contributed by atoms with Crippen molar-refractivity contribution in [2.75, 3.05) is 6.61 Å². The first-order chi connectivity index (χ1) is 17.9. The molecule has 3 spiro atoms. The summed E-state index contributed by atoms with van der Waals surface area (Å²) in [5, 5.41) is 12.4. The molecule has 202 valence electrons. The smallest absolute Gasteiger partial charge is 0.342 e. The van der Waals surface area contributed by atoms with Crippen LogP contribution in [0.2, 0.25) is 0 Å². The van der Waals surface area contributed by atoms with Crippen LogP contribution in [0.5, 0.6) is 0 Å². The van der Waals surface area contributed by atoms with Crippen LogP contribution in [-0.2, 0) is 42.9 Å². The number of allylic oxidation sites excluding steroid dienone is 1. The summed E-state index contributed by atoms with van der Waals surface area (Å²) in [5.74, 6) is -6.56. The van der Waals surface area contributed by atoms with Crippen LogP contribution in [-0.4, -0.2) is 75.6 Å². The summed E-state index contributed by atoms with van der Waals surface area (Å²) in [5.41, 5.74) is -8.23. The van der Waals surface area contributed by atoms with Crippen LogP contribution in [0.25, 0.3) is 0 Å². The monoisotopic (exact) mass is 526 g/mol. The maximum Gasteiger partial charge on any atom is 0.342 e. The molecule has 0 aromatic heterocycles. The van der Waals surface area contributed by atoms with Crippen LogP contribution in [0.1, 0.15) is 52.9 Å². The first-order valence-electron chi connectivity index (χ1n) is 13.8. The minimum absolute atomic E-state index is 0.0583. The van der Waals surface area contributed by atoms with Gasteiger partial charge in [-0.2, -0.15) is 0 Å². The molecule has 0 amide bonds. The minimum Gasteiger partial charge on any atom is -0.458 e. The molecule has 10 heteroatoms. The largest absolute Gasteiger partial charge is 0.458 e. The number of ether oxygens (including phenoxy) is 5.